The number of rotatable bonds is 17. The number of nitrogens with zero attached hydrogens (tertiary/aromatic N) is 2. The van der Waals surface area contributed by atoms with E-state index in [1.165, 1.54) is 15.9 Å². The molecular formula is C64H97N2O13P. The molecule has 4 heterocycles. The molecule has 80 heavy (non-hydrogen) atoms. The summed E-state index contributed by atoms with van der Waals surface area (Å²) in [6, 6.07) is 31.8. The molecule has 0 bridgehead atoms. The van der Waals surface area contributed by atoms with Crippen LogP contribution in [0.4, 0.5) is 4.79 Å². The fourth-order valence-electron chi connectivity index (χ4n) is 14.4. The van der Waals surface area contributed by atoms with E-state index in [0.717, 1.165) is 31.8 Å². The Bertz CT molecular complexity index is 2360. The number of cyclic esters (lactones) is 1. The van der Waals surface area contributed by atoms with Crippen molar-refractivity contribution in [3.8, 4) is 0 Å². The van der Waals surface area contributed by atoms with Gasteiger partial charge in [0.25, 0.3) is 0 Å². The number of hydrogen-bond acceptors (Lipinski definition) is 14. The Morgan fingerprint density at radius 1 is 0.787 bits per heavy atom. The minimum absolute atomic E-state index is 0.117. The molecule has 446 valence electrons. The molecule has 1 amide bonds. The van der Waals surface area contributed by atoms with E-state index in [-0.39, 0.29) is 56.2 Å². The molecule has 0 spiro atoms. The third-order valence-corrected chi connectivity index (χ3v) is 23.8. The Kier molecular flexibility index (Phi) is 21.6. The number of aliphatic hydroxyl groups is 3. The molecule has 0 aromatic heterocycles. The molecule has 0 radical (unpaired) electrons. The average molecular weight is 1130 g/mol. The number of likely N-dealkylation sites (N-methyl/N-ethyl adjacent to an activating group) is 1. The van der Waals surface area contributed by atoms with Crippen molar-refractivity contribution < 1.29 is 62.9 Å². The van der Waals surface area contributed by atoms with Crippen molar-refractivity contribution in [1.29, 1.82) is 0 Å². The van der Waals surface area contributed by atoms with Gasteiger partial charge in [-0.2, -0.15) is 0 Å². The summed E-state index contributed by atoms with van der Waals surface area (Å²) in [5.74, 6) is -3.48. The molecule has 0 aliphatic carbocycles. The van der Waals surface area contributed by atoms with E-state index < -0.39 is 109 Å². The van der Waals surface area contributed by atoms with Crippen LogP contribution in [-0.2, 0) is 42.7 Å². The number of aliphatic hydroxyl groups excluding tert-OH is 2. The molecular weight excluding hydrogens is 1040 g/mol. The fraction of sp³-hybridized carbons (Fsp3) is 0.672. The summed E-state index contributed by atoms with van der Waals surface area (Å²) in [7, 11) is 2.96. The van der Waals surface area contributed by atoms with Crippen molar-refractivity contribution in [1.82, 2.24) is 9.80 Å². The van der Waals surface area contributed by atoms with Crippen LogP contribution < -0.4 is 15.9 Å². The summed E-state index contributed by atoms with van der Waals surface area (Å²) < 4.78 is 44.7. The molecule has 4 saturated heterocycles. The van der Waals surface area contributed by atoms with Gasteiger partial charge in [0.1, 0.15) is 18.3 Å². The molecule has 7 rings (SSSR count). The van der Waals surface area contributed by atoms with Crippen molar-refractivity contribution >= 4 is 41.2 Å². The van der Waals surface area contributed by atoms with Crippen LogP contribution in [0.25, 0.3) is 0 Å². The summed E-state index contributed by atoms with van der Waals surface area (Å²) in [6.07, 6.45) is -2.13. The first kappa shape index (κ1) is 63.6. The standard InChI is InChI=1S/C64H97N2O13P/c1-14-52-64(10)58(78-61(71)79-64)45(6)66(53(67)35-27-16-15-17-28-36-80(47-29-21-18-22-30-47,48-31-23-19-24-32-48)49-33-25-20-26-34-49)40-41(2)38-62(8,72)57(77-60-55(68)50(65(11)12)37-42(3)74-60)43(4)54(44(5)59(70)76-52)51-39-63(9,73-13)56(69)46(7)75-51/h18-26,29-34,41-46,50-52,54-58,60,68-69,72,80H,14-17,27-28,35-40H2,1-13H3/t41-,42-,43+,44-,45-,46+,50+,51?,52-,54+,55-,56+,57-,58-,60+,62-,63-,64-/m1/s1. The number of amides is 1. The monoisotopic (exact) mass is 1130 g/mol. The number of hydrogen-bond donors (Lipinski definition) is 3. The van der Waals surface area contributed by atoms with Crippen molar-refractivity contribution in [2.45, 2.75) is 217 Å². The zero-order valence-corrected chi connectivity index (χ0v) is 51.1. The van der Waals surface area contributed by atoms with Crippen LogP contribution >= 0.6 is 7.26 Å². The second-order valence-electron chi connectivity index (χ2n) is 25.0. The van der Waals surface area contributed by atoms with E-state index in [4.69, 9.17) is 33.2 Å². The molecule has 3 aromatic carbocycles. The van der Waals surface area contributed by atoms with Gasteiger partial charge in [-0.25, -0.2) is 4.79 Å². The van der Waals surface area contributed by atoms with Crippen LogP contribution in [0.2, 0.25) is 0 Å². The molecule has 1 unspecified atom stereocenters. The Morgan fingerprint density at radius 2 is 1.35 bits per heavy atom. The first-order valence-electron chi connectivity index (χ1n) is 29.7. The van der Waals surface area contributed by atoms with E-state index in [1.54, 1.807) is 39.7 Å². The third kappa shape index (κ3) is 13.8. The SMILES string of the molecule is CC[C@H]1OC(=O)[C@H](C)[C@@H](C2C[C@@](C)(OC)[C@@H](O)[C@H](C)O2)[C@H](C)[C@@H](O[C@@H]2O[C@H](C)C[C@H](N(C)C)[C@H]2O)[C@](C)(O)C[C@@H](C)CN(C(=O)CCCCCCC[PH](c2ccccc2)(c2ccccc2)c2ccccc2)[C@H](C)[C@H]2OC(=O)O[C@@]21C. The quantitative estimate of drug-likeness (QED) is 0.0667. The summed E-state index contributed by atoms with van der Waals surface area (Å²) in [5, 5.41) is 40.7. The first-order chi connectivity index (χ1) is 37.9. The Balaban J connectivity index is 1.17. The number of methoxy groups -OCH3 is 1. The average Bonchev–Trinajstić information content (AvgIpc) is 3.81. The summed E-state index contributed by atoms with van der Waals surface area (Å²) in [6.45, 7) is 18.5. The summed E-state index contributed by atoms with van der Waals surface area (Å²) >= 11 is 0. The number of fused-ring (bicyclic) bond motifs is 1. The van der Waals surface area contributed by atoms with E-state index in [1.807, 2.05) is 60.5 Å². The van der Waals surface area contributed by atoms with Gasteiger partial charge in [0.15, 0.2) is 6.29 Å². The maximum absolute atomic E-state index is 15.1. The molecule has 16 heteroatoms. The zero-order chi connectivity index (χ0) is 58.3. The van der Waals surface area contributed by atoms with Gasteiger partial charge in [-0.1, -0.05) is 20.8 Å². The second kappa shape index (κ2) is 27.1. The van der Waals surface area contributed by atoms with Gasteiger partial charge in [0, 0.05) is 25.5 Å². The Morgan fingerprint density at radius 3 is 1.90 bits per heavy atom. The van der Waals surface area contributed by atoms with Gasteiger partial charge in [-0.15, -0.1) is 0 Å². The topological polar surface area (TPSA) is 183 Å². The van der Waals surface area contributed by atoms with Crippen LogP contribution in [0.5, 0.6) is 0 Å². The molecule has 0 saturated carbocycles. The van der Waals surface area contributed by atoms with Gasteiger partial charge in [0.2, 0.25) is 0 Å². The predicted molar refractivity (Wildman–Crippen MR) is 314 cm³/mol. The molecule has 4 aliphatic heterocycles. The van der Waals surface area contributed by atoms with Gasteiger partial charge < -0.3 is 48.6 Å². The van der Waals surface area contributed by atoms with Crippen LogP contribution in [0.1, 0.15) is 133 Å². The minimum atomic E-state index is -2.38. The van der Waals surface area contributed by atoms with Crippen LogP contribution in [-0.4, -0.2) is 161 Å². The van der Waals surface area contributed by atoms with E-state index in [2.05, 4.69) is 91.0 Å². The van der Waals surface area contributed by atoms with Crippen LogP contribution in [0.15, 0.2) is 91.0 Å². The van der Waals surface area contributed by atoms with E-state index in [0.29, 0.717) is 12.8 Å². The van der Waals surface area contributed by atoms with Crippen LogP contribution in [0.3, 0.4) is 0 Å². The number of benzene rings is 3. The van der Waals surface area contributed by atoms with Gasteiger partial charge in [-0.3, -0.25) is 4.79 Å². The molecule has 18 atom stereocenters. The zero-order valence-electron chi connectivity index (χ0n) is 50.1. The van der Waals surface area contributed by atoms with Gasteiger partial charge in [0.05, 0.1) is 41.5 Å². The van der Waals surface area contributed by atoms with Crippen molar-refractivity contribution in [3.63, 3.8) is 0 Å². The van der Waals surface area contributed by atoms with E-state index in [9.17, 15) is 24.9 Å². The smallest absolute Gasteiger partial charge is 0.420 e. The summed E-state index contributed by atoms with van der Waals surface area (Å²) in [4.78, 5) is 47.2. The number of carbonyl (C=O) groups excluding carboxylic acids is 3. The van der Waals surface area contributed by atoms with Gasteiger partial charge in [-0.05, 0) is 67.5 Å². The van der Waals surface area contributed by atoms with Crippen molar-refractivity contribution in [3.05, 3.63) is 91.0 Å². The minimum Gasteiger partial charge on any atom is -0.420 e. The number of ether oxygens (including phenoxy) is 7. The number of esters is 1. The maximum atomic E-state index is 15.1. The number of unbranched alkanes of at least 4 members (excludes halogenated alkanes) is 4. The molecule has 3 N–H and O–H groups in total. The third-order valence-electron chi connectivity index (χ3n) is 18.8. The van der Waals surface area contributed by atoms with E-state index >= 15 is 4.79 Å². The van der Waals surface area contributed by atoms with Crippen molar-refractivity contribution in [2.75, 3.05) is 33.9 Å². The fourth-order valence-corrected chi connectivity index (χ4v) is 19.4. The molecule has 15 nitrogen and oxygen atoms in total. The Labute approximate surface area is 478 Å². The molecule has 4 fully saturated rings. The normalized spacial score (nSPS) is 36.9. The van der Waals surface area contributed by atoms with Crippen molar-refractivity contribution in [2.24, 2.45) is 23.7 Å². The molecule has 4 aliphatic rings. The predicted octanol–water partition coefficient (Wildman–Crippen LogP) is 8.32. The second-order valence-corrected chi connectivity index (χ2v) is 29.1. The summed E-state index contributed by atoms with van der Waals surface area (Å²) in [5.41, 5.74) is -4.24. The van der Waals surface area contributed by atoms with Gasteiger partial charge >= 0.3 is 242 Å². The van der Waals surface area contributed by atoms with Crippen LogP contribution in [0, 0.1) is 23.7 Å². The first-order valence-corrected chi connectivity index (χ1v) is 32.0. The molecule has 3 aromatic rings. The number of carbonyl (C=O) groups is 3. The Hall–Kier alpha value is -4.02.